The Hall–Kier alpha value is -1.00. The average molecular weight is 307 g/mol. The molecule has 1 aromatic rings. The summed E-state index contributed by atoms with van der Waals surface area (Å²) in [6, 6.07) is 10.4. The minimum atomic E-state index is -0.218. The van der Waals surface area contributed by atoms with Crippen LogP contribution in [0.1, 0.15) is 37.7 Å². The summed E-state index contributed by atoms with van der Waals surface area (Å²) in [4.78, 5) is 12.1. The summed E-state index contributed by atoms with van der Waals surface area (Å²) in [5.74, 6) is 0.776. The zero-order chi connectivity index (χ0) is 15.1. The third kappa shape index (κ3) is 4.48. The van der Waals surface area contributed by atoms with E-state index < -0.39 is 0 Å². The molecule has 21 heavy (non-hydrogen) atoms. The third-order valence-electron chi connectivity index (χ3n) is 4.11. The van der Waals surface area contributed by atoms with E-state index >= 15 is 0 Å². The van der Waals surface area contributed by atoms with Crippen LogP contribution in [0, 0.1) is 0 Å². The molecule has 0 bridgehead atoms. The van der Waals surface area contributed by atoms with Crippen LogP contribution in [0.3, 0.4) is 0 Å². The highest BCUT2D eigenvalue weighted by Gasteiger charge is 2.29. The van der Waals surface area contributed by atoms with E-state index in [1.165, 1.54) is 26.4 Å². The molecule has 0 spiro atoms. The van der Waals surface area contributed by atoms with Crippen molar-refractivity contribution in [3.63, 3.8) is 0 Å². The first-order valence-corrected chi connectivity index (χ1v) is 8.79. The van der Waals surface area contributed by atoms with Gasteiger partial charge in [-0.05, 0) is 24.2 Å². The molecule has 1 saturated carbocycles. The Morgan fingerprint density at radius 3 is 2.81 bits per heavy atom. The van der Waals surface area contributed by atoms with Crippen LogP contribution in [0.4, 0.5) is 0 Å². The lowest BCUT2D eigenvalue weighted by atomic mass is 9.99. The molecular weight excluding hydrogens is 282 g/mol. The summed E-state index contributed by atoms with van der Waals surface area (Å²) < 4.78 is 4.97. The predicted octanol–water partition coefficient (Wildman–Crippen LogP) is 3.21. The second-order valence-electron chi connectivity index (χ2n) is 5.43. The lowest BCUT2D eigenvalue weighted by molar-refractivity contribution is -0.142. The van der Waals surface area contributed by atoms with Gasteiger partial charge in [-0.25, -0.2) is 0 Å². The Morgan fingerprint density at radius 1 is 1.38 bits per heavy atom. The molecule has 1 aliphatic rings. The minimum absolute atomic E-state index is 0.161. The molecule has 0 aliphatic heterocycles. The van der Waals surface area contributed by atoms with Gasteiger partial charge >= 0.3 is 5.97 Å². The van der Waals surface area contributed by atoms with Gasteiger partial charge in [0, 0.05) is 17.8 Å². The Morgan fingerprint density at radius 2 is 2.14 bits per heavy atom. The van der Waals surface area contributed by atoms with Gasteiger partial charge in [-0.3, -0.25) is 4.79 Å². The molecule has 0 amide bonds. The van der Waals surface area contributed by atoms with Crippen molar-refractivity contribution >= 4 is 17.7 Å². The number of ether oxygens (including phenoxy) is 1. The van der Waals surface area contributed by atoms with E-state index in [4.69, 9.17) is 4.74 Å². The summed E-state index contributed by atoms with van der Waals surface area (Å²) in [6.07, 6.45) is 3.77. The van der Waals surface area contributed by atoms with Gasteiger partial charge in [0.2, 0.25) is 0 Å². The van der Waals surface area contributed by atoms with Crippen LogP contribution in [0.2, 0.25) is 0 Å². The maximum absolute atomic E-state index is 12.1. The van der Waals surface area contributed by atoms with Gasteiger partial charge in [0.05, 0.1) is 13.0 Å². The molecule has 3 atom stereocenters. The second-order valence-corrected chi connectivity index (χ2v) is 6.94. The zero-order valence-electron chi connectivity index (χ0n) is 12.9. The molecule has 1 N–H and O–H groups in total. The van der Waals surface area contributed by atoms with Crippen LogP contribution in [-0.4, -0.2) is 36.7 Å². The molecule has 3 nitrogen and oxygen atoms in total. The summed E-state index contributed by atoms with van der Waals surface area (Å²) in [5, 5.41) is 4.29. The predicted molar refractivity (Wildman–Crippen MR) is 88.8 cm³/mol. The van der Waals surface area contributed by atoms with E-state index in [1.807, 2.05) is 42.1 Å². The molecule has 2 rings (SSSR count). The number of thioether (sulfide) groups is 1. The number of methoxy groups -OCH3 is 1. The highest BCUT2D eigenvalue weighted by Crippen LogP contribution is 2.30. The fraction of sp³-hybridized carbons (Fsp3) is 0.588. The van der Waals surface area contributed by atoms with Gasteiger partial charge in [-0.2, -0.15) is 11.8 Å². The monoisotopic (exact) mass is 307 g/mol. The molecular formula is C17H25NO2S. The van der Waals surface area contributed by atoms with Gasteiger partial charge in [0.25, 0.3) is 0 Å². The van der Waals surface area contributed by atoms with E-state index in [0.29, 0.717) is 17.8 Å². The maximum Gasteiger partial charge on any atom is 0.314 e. The quantitative estimate of drug-likeness (QED) is 0.785. The Labute approximate surface area is 131 Å². The van der Waals surface area contributed by atoms with Crippen LogP contribution in [0.15, 0.2) is 30.3 Å². The van der Waals surface area contributed by atoms with Crippen molar-refractivity contribution in [3.05, 3.63) is 35.9 Å². The Bertz CT molecular complexity index is 438. The first kappa shape index (κ1) is 16.4. The van der Waals surface area contributed by atoms with E-state index in [0.717, 1.165) is 11.3 Å². The molecule has 116 valence electrons. The summed E-state index contributed by atoms with van der Waals surface area (Å²) in [7, 11) is 1.46. The van der Waals surface area contributed by atoms with Crippen molar-refractivity contribution in [2.45, 2.75) is 43.4 Å². The van der Waals surface area contributed by atoms with E-state index in [-0.39, 0.29) is 11.9 Å². The highest BCUT2D eigenvalue weighted by atomic mass is 32.2. The largest absolute Gasteiger partial charge is 0.469 e. The average Bonchev–Trinajstić information content (AvgIpc) is 2.96. The number of hydrogen-bond acceptors (Lipinski definition) is 4. The molecule has 1 aromatic carbocycles. The van der Waals surface area contributed by atoms with Crippen molar-refractivity contribution < 1.29 is 9.53 Å². The summed E-state index contributed by atoms with van der Waals surface area (Å²) >= 11 is 2.03. The Kier molecular flexibility index (Phi) is 6.58. The van der Waals surface area contributed by atoms with Gasteiger partial charge in [0.15, 0.2) is 0 Å². The first-order valence-electron chi connectivity index (χ1n) is 7.74. The normalized spacial score (nSPS) is 23.0. The van der Waals surface area contributed by atoms with Crippen LogP contribution in [-0.2, 0) is 9.53 Å². The van der Waals surface area contributed by atoms with Crippen LogP contribution < -0.4 is 5.32 Å². The molecule has 3 unspecified atom stereocenters. The van der Waals surface area contributed by atoms with Crippen molar-refractivity contribution in [1.29, 1.82) is 0 Å². The molecule has 4 heteroatoms. The van der Waals surface area contributed by atoms with Gasteiger partial charge < -0.3 is 10.1 Å². The second kappa shape index (κ2) is 8.44. The number of carbonyl (C=O) groups excluding carboxylic acids is 1. The number of hydrogen-bond donors (Lipinski definition) is 1. The van der Waals surface area contributed by atoms with Crippen LogP contribution in [0.25, 0.3) is 0 Å². The number of esters is 1. The fourth-order valence-electron chi connectivity index (χ4n) is 3.01. The van der Waals surface area contributed by atoms with Gasteiger partial charge in [0.1, 0.15) is 0 Å². The molecule has 0 aromatic heterocycles. The van der Waals surface area contributed by atoms with Crippen LogP contribution in [0.5, 0.6) is 0 Å². The first-order chi connectivity index (χ1) is 10.3. The van der Waals surface area contributed by atoms with Gasteiger partial charge in [-0.15, -0.1) is 0 Å². The SMILES string of the molecule is CCSC1CCCC1NCC(C(=O)OC)c1ccccc1. The minimum Gasteiger partial charge on any atom is -0.469 e. The maximum atomic E-state index is 12.1. The molecule has 1 fully saturated rings. The van der Waals surface area contributed by atoms with Crippen LogP contribution >= 0.6 is 11.8 Å². The van der Waals surface area contributed by atoms with E-state index in [2.05, 4.69) is 12.2 Å². The van der Waals surface area contributed by atoms with Gasteiger partial charge in [-0.1, -0.05) is 43.7 Å². The third-order valence-corrected chi connectivity index (χ3v) is 5.43. The van der Waals surface area contributed by atoms with Crippen molar-refractivity contribution in [2.75, 3.05) is 19.4 Å². The lowest BCUT2D eigenvalue weighted by Gasteiger charge is -2.23. The van der Waals surface area contributed by atoms with E-state index in [1.54, 1.807) is 0 Å². The fourth-order valence-corrected chi connectivity index (χ4v) is 4.23. The lowest BCUT2D eigenvalue weighted by Crippen LogP contribution is -2.38. The Balaban J connectivity index is 1.98. The number of carbonyl (C=O) groups is 1. The highest BCUT2D eigenvalue weighted by molar-refractivity contribution is 7.99. The zero-order valence-corrected chi connectivity index (χ0v) is 13.7. The molecule has 1 aliphatic carbocycles. The van der Waals surface area contributed by atoms with E-state index in [9.17, 15) is 4.79 Å². The summed E-state index contributed by atoms with van der Waals surface area (Å²) in [6.45, 7) is 2.86. The molecule has 0 saturated heterocycles. The molecule has 0 radical (unpaired) electrons. The standard InChI is InChI=1S/C17H25NO2S/c1-3-21-16-11-7-10-15(16)18-12-14(17(19)20-2)13-8-5-4-6-9-13/h4-6,8-9,14-16,18H,3,7,10-12H2,1-2H3. The smallest absolute Gasteiger partial charge is 0.314 e. The summed E-state index contributed by atoms with van der Waals surface area (Å²) in [5.41, 5.74) is 1.02. The number of rotatable bonds is 7. The van der Waals surface area contributed by atoms with Crippen molar-refractivity contribution in [2.24, 2.45) is 0 Å². The number of nitrogens with one attached hydrogen (secondary N) is 1. The van der Waals surface area contributed by atoms with Crippen molar-refractivity contribution in [3.8, 4) is 0 Å². The molecule has 0 heterocycles. The number of benzene rings is 1. The topological polar surface area (TPSA) is 38.3 Å². The van der Waals surface area contributed by atoms with Crippen molar-refractivity contribution in [1.82, 2.24) is 5.32 Å².